The van der Waals surface area contributed by atoms with Crippen LogP contribution in [0, 0.1) is 11.3 Å². The van der Waals surface area contributed by atoms with E-state index in [1.54, 1.807) is 23.7 Å². The van der Waals surface area contributed by atoms with Crippen molar-refractivity contribution in [3.05, 3.63) is 41.7 Å². The van der Waals surface area contributed by atoms with Gasteiger partial charge in [0.05, 0.1) is 29.2 Å². The maximum Gasteiger partial charge on any atom is 0.123 e. The lowest BCUT2D eigenvalue weighted by molar-refractivity contribution is 1.16. The first-order valence-corrected chi connectivity index (χ1v) is 6.27. The zero-order valence-electron chi connectivity index (χ0n) is 9.37. The molecule has 4 nitrogen and oxygen atoms in total. The van der Waals surface area contributed by atoms with Crippen LogP contribution in [0.15, 0.2) is 36.0 Å². The van der Waals surface area contributed by atoms with Crippen LogP contribution in [0.5, 0.6) is 0 Å². The molecular formula is C13H8N4S. The van der Waals surface area contributed by atoms with Crippen LogP contribution in [0.2, 0.25) is 0 Å². The Morgan fingerprint density at radius 1 is 1.17 bits per heavy atom. The van der Waals surface area contributed by atoms with Crippen LogP contribution >= 0.6 is 11.3 Å². The molecule has 2 heterocycles. The Kier molecular flexibility index (Phi) is 2.71. The average Bonchev–Trinajstić information content (AvgIpc) is 2.87. The van der Waals surface area contributed by atoms with Crippen molar-refractivity contribution in [1.82, 2.24) is 15.0 Å². The smallest absolute Gasteiger partial charge is 0.123 e. The number of nitrogens with zero attached hydrogens (tertiary/aromatic N) is 4. The Labute approximate surface area is 108 Å². The molecule has 0 spiro atoms. The fourth-order valence-corrected chi connectivity index (χ4v) is 2.51. The third-order valence-electron chi connectivity index (χ3n) is 2.53. The summed E-state index contributed by atoms with van der Waals surface area (Å²) < 4.78 is 0. The highest BCUT2D eigenvalue weighted by molar-refractivity contribution is 7.13. The van der Waals surface area contributed by atoms with Gasteiger partial charge in [-0.1, -0.05) is 0 Å². The number of thiazole rings is 1. The van der Waals surface area contributed by atoms with Crippen molar-refractivity contribution in [3.63, 3.8) is 0 Å². The quantitative estimate of drug-likeness (QED) is 0.703. The van der Waals surface area contributed by atoms with Crippen LogP contribution in [0.4, 0.5) is 0 Å². The number of benzene rings is 1. The summed E-state index contributed by atoms with van der Waals surface area (Å²) in [5, 5.41) is 11.5. The van der Waals surface area contributed by atoms with Gasteiger partial charge in [0, 0.05) is 23.3 Å². The standard InChI is InChI=1S/C13H8N4S/c14-4-3-10-8-18-13(17-10)9-1-2-11-12(7-9)16-6-5-15-11/h1-2,5-8H,3H2. The van der Waals surface area contributed by atoms with E-state index >= 15 is 0 Å². The number of rotatable bonds is 2. The summed E-state index contributed by atoms with van der Waals surface area (Å²) in [6.07, 6.45) is 3.70. The molecule has 0 radical (unpaired) electrons. The molecule has 0 unspecified atom stereocenters. The van der Waals surface area contributed by atoms with Gasteiger partial charge >= 0.3 is 0 Å². The van der Waals surface area contributed by atoms with E-state index in [1.807, 2.05) is 23.6 Å². The van der Waals surface area contributed by atoms with Crippen LogP contribution in [0.1, 0.15) is 5.69 Å². The summed E-state index contributed by atoms with van der Waals surface area (Å²) >= 11 is 1.54. The molecule has 0 bridgehead atoms. The molecule has 5 heteroatoms. The molecule has 0 saturated carbocycles. The lowest BCUT2D eigenvalue weighted by Crippen LogP contribution is -1.85. The minimum Gasteiger partial charge on any atom is -0.253 e. The molecule has 3 rings (SSSR count). The number of hydrogen-bond donors (Lipinski definition) is 0. The van der Waals surface area contributed by atoms with E-state index in [9.17, 15) is 0 Å². The fourth-order valence-electron chi connectivity index (χ4n) is 1.70. The minimum atomic E-state index is 0.351. The number of hydrogen-bond acceptors (Lipinski definition) is 5. The van der Waals surface area contributed by atoms with Crippen molar-refractivity contribution in [3.8, 4) is 16.6 Å². The molecule has 0 aliphatic heterocycles. The van der Waals surface area contributed by atoms with E-state index in [4.69, 9.17) is 5.26 Å². The van der Waals surface area contributed by atoms with Crippen molar-refractivity contribution in [2.45, 2.75) is 6.42 Å². The topological polar surface area (TPSA) is 62.5 Å². The molecule has 2 aromatic heterocycles. The van der Waals surface area contributed by atoms with Crippen LogP contribution in [-0.4, -0.2) is 15.0 Å². The molecule has 0 amide bonds. The molecule has 0 N–H and O–H groups in total. The van der Waals surface area contributed by atoms with Crippen molar-refractivity contribution < 1.29 is 0 Å². The highest BCUT2D eigenvalue weighted by atomic mass is 32.1. The van der Waals surface area contributed by atoms with Crippen molar-refractivity contribution >= 4 is 22.4 Å². The molecule has 86 valence electrons. The van der Waals surface area contributed by atoms with E-state index in [2.05, 4.69) is 21.0 Å². The zero-order valence-corrected chi connectivity index (χ0v) is 10.2. The number of nitriles is 1. The fraction of sp³-hybridized carbons (Fsp3) is 0.0769. The van der Waals surface area contributed by atoms with Crippen molar-refractivity contribution in [1.29, 1.82) is 5.26 Å². The van der Waals surface area contributed by atoms with Crippen LogP contribution in [-0.2, 0) is 6.42 Å². The Morgan fingerprint density at radius 2 is 2.00 bits per heavy atom. The normalized spacial score (nSPS) is 10.4. The predicted octanol–water partition coefficient (Wildman–Crippen LogP) is 2.82. The maximum atomic E-state index is 8.64. The summed E-state index contributed by atoms with van der Waals surface area (Å²) in [6.45, 7) is 0. The van der Waals surface area contributed by atoms with E-state index < -0.39 is 0 Å². The highest BCUT2D eigenvalue weighted by Crippen LogP contribution is 2.25. The van der Waals surface area contributed by atoms with Gasteiger partial charge in [0.25, 0.3) is 0 Å². The summed E-state index contributed by atoms with van der Waals surface area (Å²) in [5.74, 6) is 0. The Bertz CT molecular complexity index is 742. The first kappa shape index (κ1) is 10.8. The molecule has 0 saturated heterocycles. The van der Waals surface area contributed by atoms with Gasteiger partial charge in [-0.3, -0.25) is 9.97 Å². The highest BCUT2D eigenvalue weighted by Gasteiger charge is 2.06. The monoisotopic (exact) mass is 252 g/mol. The second kappa shape index (κ2) is 4.51. The lowest BCUT2D eigenvalue weighted by atomic mass is 10.2. The third kappa shape index (κ3) is 1.94. The summed E-state index contributed by atoms with van der Waals surface area (Å²) in [7, 11) is 0. The van der Waals surface area contributed by atoms with Gasteiger partial charge < -0.3 is 0 Å². The Morgan fingerprint density at radius 3 is 2.83 bits per heavy atom. The van der Waals surface area contributed by atoms with Gasteiger partial charge in [-0.2, -0.15) is 5.26 Å². The van der Waals surface area contributed by atoms with Crippen LogP contribution < -0.4 is 0 Å². The lowest BCUT2D eigenvalue weighted by Gasteiger charge is -1.98. The SMILES string of the molecule is N#CCc1csc(-c2ccc3nccnc3c2)n1. The Hall–Kier alpha value is -2.32. The second-order valence-electron chi connectivity index (χ2n) is 3.74. The van der Waals surface area contributed by atoms with Crippen LogP contribution in [0.3, 0.4) is 0 Å². The minimum absolute atomic E-state index is 0.351. The Balaban J connectivity index is 2.05. The predicted molar refractivity (Wildman–Crippen MR) is 70.0 cm³/mol. The summed E-state index contributed by atoms with van der Waals surface area (Å²) in [5.41, 5.74) is 3.55. The number of fused-ring (bicyclic) bond motifs is 1. The molecule has 3 aromatic rings. The van der Waals surface area contributed by atoms with Gasteiger partial charge in [0.1, 0.15) is 5.01 Å². The molecule has 0 fully saturated rings. The maximum absolute atomic E-state index is 8.64. The second-order valence-corrected chi connectivity index (χ2v) is 4.60. The summed E-state index contributed by atoms with van der Waals surface area (Å²) in [4.78, 5) is 12.9. The van der Waals surface area contributed by atoms with Gasteiger partial charge in [-0.05, 0) is 18.2 Å². The largest absolute Gasteiger partial charge is 0.253 e. The van der Waals surface area contributed by atoms with Gasteiger partial charge in [0.15, 0.2) is 0 Å². The van der Waals surface area contributed by atoms with Crippen molar-refractivity contribution in [2.24, 2.45) is 0 Å². The first-order valence-electron chi connectivity index (χ1n) is 5.39. The van der Waals surface area contributed by atoms with Gasteiger partial charge in [-0.25, -0.2) is 4.98 Å². The van der Waals surface area contributed by atoms with E-state index in [0.717, 1.165) is 27.3 Å². The first-order chi connectivity index (χ1) is 8.86. The van der Waals surface area contributed by atoms with E-state index in [0.29, 0.717) is 6.42 Å². The third-order valence-corrected chi connectivity index (χ3v) is 3.47. The zero-order chi connectivity index (χ0) is 12.4. The van der Waals surface area contributed by atoms with Gasteiger partial charge in [0.2, 0.25) is 0 Å². The van der Waals surface area contributed by atoms with E-state index in [-0.39, 0.29) is 0 Å². The summed E-state index contributed by atoms with van der Waals surface area (Å²) in [6, 6.07) is 7.98. The van der Waals surface area contributed by atoms with Gasteiger partial charge in [-0.15, -0.1) is 11.3 Å². The molecule has 18 heavy (non-hydrogen) atoms. The molecule has 0 aliphatic rings. The molecule has 0 atom stereocenters. The van der Waals surface area contributed by atoms with E-state index in [1.165, 1.54) is 0 Å². The number of aromatic nitrogens is 3. The van der Waals surface area contributed by atoms with Crippen molar-refractivity contribution in [2.75, 3.05) is 0 Å². The average molecular weight is 252 g/mol. The molecular weight excluding hydrogens is 244 g/mol. The molecule has 1 aromatic carbocycles. The molecule has 0 aliphatic carbocycles. The van der Waals surface area contributed by atoms with Crippen LogP contribution in [0.25, 0.3) is 21.6 Å².